The van der Waals surface area contributed by atoms with Crippen LogP contribution in [0.5, 0.6) is 0 Å². The monoisotopic (exact) mass is 409 g/mol. The first-order chi connectivity index (χ1) is 14.6. The molecule has 4 rings (SSSR count). The maximum absolute atomic E-state index is 13.8. The van der Waals surface area contributed by atoms with E-state index in [2.05, 4.69) is 18.2 Å². The van der Waals surface area contributed by atoms with Crippen molar-refractivity contribution in [2.75, 3.05) is 0 Å². The lowest BCUT2D eigenvalue weighted by molar-refractivity contribution is -0.120. The molecule has 3 aliphatic rings. The number of carbonyl (C=O) groups excluding carboxylic acids is 1. The van der Waals surface area contributed by atoms with Crippen LogP contribution in [0.2, 0.25) is 0 Å². The van der Waals surface area contributed by atoms with Crippen molar-refractivity contribution in [1.29, 1.82) is 0 Å². The van der Waals surface area contributed by atoms with E-state index in [0.717, 1.165) is 51.0 Å². The molecule has 0 aromatic heterocycles. The molecule has 1 aliphatic heterocycles. The fourth-order valence-electron chi connectivity index (χ4n) is 5.08. The maximum atomic E-state index is 13.8. The molecule has 1 aromatic rings. The largest absolute Gasteiger partial charge is 0.300 e. The van der Waals surface area contributed by atoms with Crippen LogP contribution in [0.3, 0.4) is 0 Å². The Morgan fingerprint density at radius 1 is 1.17 bits per heavy atom. The van der Waals surface area contributed by atoms with Crippen molar-refractivity contribution in [1.82, 2.24) is 0 Å². The van der Waals surface area contributed by atoms with E-state index in [0.29, 0.717) is 18.3 Å². The SMILES string of the molecule is O=C(CCc1cccc(F)c1F)CC1CCCC(C2=NC=CCC3=C2C=CCC3)C1. The molecule has 4 heteroatoms. The third-order valence-electron chi connectivity index (χ3n) is 6.63. The van der Waals surface area contributed by atoms with Crippen molar-refractivity contribution in [2.45, 2.75) is 64.2 Å². The highest BCUT2D eigenvalue weighted by atomic mass is 19.2. The molecule has 0 radical (unpaired) electrons. The fraction of sp³-hybridized carbons (Fsp3) is 0.462. The Hall–Kier alpha value is -2.36. The molecule has 158 valence electrons. The van der Waals surface area contributed by atoms with E-state index in [4.69, 9.17) is 4.99 Å². The highest BCUT2D eigenvalue weighted by Gasteiger charge is 2.29. The van der Waals surface area contributed by atoms with Crippen molar-refractivity contribution in [3.05, 3.63) is 71.0 Å². The second kappa shape index (κ2) is 9.63. The summed E-state index contributed by atoms with van der Waals surface area (Å²) in [5.74, 6) is -0.789. The molecule has 2 atom stereocenters. The third kappa shape index (κ3) is 4.85. The number of benzene rings is 1. The standard InChI is InChI=1S/C26H29F2NO/c27-24-12-4-8-20(25(24)28)13-14-22(30)17-18-6-3-9-21(16-18)26-23-11-2-1-7-19(23)10-5-15-29-26/h2,4-5,8,11-12,15,18,21H,1,3,6-7,9-10,13-14,16-17H2. The Bertz CT molecular complexity index is 925. The van der Waals surface area contributed by atoms with Gasteiger partial charge in [-0.15, -0.1) is 0 Å². The summed E-state index contributed by atoms with van der Waals surface area (Å²) in [6, 6.07) is 4.16. The number of rotatable bonds is 6. The summed E-state index contributed by atoms with van der Waals surface area (Å²) in [6.07, 6.45) is 17.1. The number of aliphatic imine (C=N–C) groups is 1. The van der Waals surface area contributed by atoms with E-state index in [1.165, 1.54) is 22.9 Å². The van der Waals surface area contributed by atoms with Crippen LogP contribution < -0.4 is 0 Å². The number of carbonyl (C=O) groups is 1. The molecular formula is C26H29F2NO. The number of Topliss-reactive ketones (excluding diaryl/α,β-unsaturated/α-hetero) is 1. The average molecular weight is 410 g/mol. The molecule has 30 heavy (non-hydrogen) atoms. The predicted octanol–water partition coefficient (Wildman–Crippen LogP) is 6.67. The van der Waals surface area contributed by atoms with Crippen molar-refractivity contribution < 1.29 is 13.6 Å². The molecule has 0 N–H and O–H groups in total. The van der Waals surface area contributed by atoms with Gasteiger partial charge in [-0.3, -0.25) is 9.79 Å². The number of hydrogen-bond donors (Lipinski definition) is 0. The summed E-state index contributed by atoms with van der Waals surface area (Å²) in [5.41, 5.74) is 4.30. The van der Waals surface area contributed by atoms with E-state index >= 15 is 0 Å². The normalized spacial score (nSPS) is 23.7. The first-order valence-corrected chi connectivity index (χ1v) is 11.2. The molecule has 2 unspecified atom stereocenters. The smallest absolute Gasteiger partial charge is 0.162 e. The molecule has 1 aromatic carbocycles. The molecule has 0 spiro atoms. The van der Waals surface area contributed by atoms with Crippen molar-refractivity contribution in [3.63, 3.8) is 0 Å². The summed E-state index contributed by atoms with van der Waals surface area (Å²) < 4.78 is 27.2. The summed E-state index contributed by atoms with van der Waals surface area (Å²) in [5, 5.41) is 0. The second-order valence-corrected chi connectivity index (χ2v) is 8.75. The molecule has 0 saturated heterocycles. The minimum Gasteiger partial charge on any atom is -0.300 e. The molecule has 2 aliphatic carbocycles. The first kappa shape index (κ1) is 20.9. The van der Waals surface area contributed by atoms with Crippen LogP contribution in [0.15, 0.2) is 58.8 Å². The maximum Gasteiger partial charge on any atom is 0.162 e. The second-order valence-electron chi connectivity index (χ2n) is 8.75. The molecular weight excluding hydrogens is 380 g/mol. The highest BCUT2D eigenvalue weighted by molar-refractivity contribution is 6.05. The van der Waals surface area contributed by atoms with E-state index in [1.807, 2.05) is 6.20 Å². The molecule has 1 fully saturated rings. The highest BCUT2D eigenvalue weighted by Crippen LogP contribution is 2.37. The minimum absolute atomic E-state index is 0.143. The Morgan fingerprint density at radius 3 is 2.97 bits per heavy atom. The van der Waals surface area contributed by atoms with Gasteiger partial charge in [0.1, 0.15) is 5.78 Å². The lowest BCUT2D eigenvalue weighted by Crippen LogP contribution is -2.26. The molecule has 1 heterocycles. The van der Waals surface area contributed by atoms with Gasteiger partial charge in [-0.25, -0.2) is 8.78 Å². The number of nitrogens with zero attached hydrogens (tertiary/aromatic N) is 1. The third-order valence-corrected chi connectivity index (χ3v) is 6.63. The van der Waals surface area contributed by atoms with Crippen molar-refractivity contribution in [2.24, 2.45) is 16.8 Å². The topological polar surface area (TPSA) is 29.4 Å². The van der Waals surface area contributed by atoms with E-state index < -0.39 is 11.6 Å². The van der Waals surface area contributed by atoms with Crippen LogP contribution in [0, 0.1) is 23.5 Å². The van der Waals surface area contributed by atoms with Gasteiger partial charge >= 0.3 is 0 Å². The first-order valence-electron chi connectivity index (χ1n) is 11.2. The van der Waals surface area contributed by atoms with E-state index in [-0.39, 0.29) is 24.2 Å². The van der Waals surface area contributed by atoms with Gasteiger partial charge in [-0.2, -0.15) is 0 Å². The summed E-state index contributed by atoms with van der Waals surface area (Å²) in [7, 11) is 0. The number of hydrogen-bond acceptors (Lipinski definition) is 2. The zero-order valence-corrected chi connectivity index (χ0v) is 17.4. The Morgan fingerprint density at radius 2 is 2.07 bits per heavy atom. The number of aryl methyl sites for hydroxylation is 1. The van der Waals surface area contributed by atoms with Gasteiger partial charge in [0.2, 0.25) is 0 Å². The summed E-state index contributed by atoms with van der Waals surface area (Å²) in [6.45, 7) is 0. The van der Waals surface area contributed by atoms with Gasteiger partial charge in [0.25, 0.3) is 0 Å². The van der Waals surface area contributed by atoms with Gasteiger partial charge < -0.3 is 0 Å². The molecule has 0 bridgehead atoms. The van der Waals surface area contributed by atoms with Crippen molar-refractivity contribution in [3.8, 4) is 0 Å². The Kier molecular flexibility index (Phi) is 6.71. The van der Waals surface area contributed by atoms with Crippen LogP contribution >= 0.6 is 0 Å². The number of ketones is 1. The zero-order chi connectivity index (χ0) is 20.9. The Labute approximate surface area is 177 Å². The van der Waals surface area contributed by atoms with Crippen molar-refractivity contribution >= 4 is 11.5 Å². The van der Waals surface area contributed by atoms with Crippen LogP contribution in [0.25, 0.3) is 0 Å². The average Bonchev–Trinajstić information content (AvgIpc) is 2.97. The quantitative estimate of drug-likeness (QED) is 0.516. The van der Waals surface area contributed by atoms with Gasteiger partial charge in [-0.05, 0) is 68.1 Å². The van der Waals surface area contributed by atoms with Gasteiger partial charge in [0.05, 0.1) is 5.71 Å². The van der Waals surface area contributed by atoms with E-state index in [9.17, 15) is 13.6 Å². The molecule has 0 amide bonds. The number of halogens is 2. The van der Waals surface area contributed by atoms with Gasteiger partial charge in [0, 0.05) is 25.0 Å². The lowest BCUT2D eigenvalue weighted by atomic mass is 9.74. The fourth-order valence-corrected chi connectivity index (χ4v) is 5.08. The predicted molar refractivity (Wildman–Crippen MR) is 116 cm³/mol. The van der Waals surface area contributed by atoms with Crippen LogP contribution in [0.4, 0.5) is 8.78 Å². The van der Waals surface area contributed by atoms with Gasteiger partial charge in [0.15, 0.2) is 11.6 Å². The zero-order valence-electron chi connectivity index (χ0n) is 17.4. The Balaban J connectivity index is 1.36. The summed E-state index contributed by atoms with van der Waals surface area (Å²) in [4.78, 5) is 17.4. The van der Waals surface area contributed by atoms with Crippen LogP contribution in [-0.2, 0) is 11.2 Å². The molecule has 1 saturated carbocycles. The summed E-state index contributed by atoms with van der Waals surface area (Å²) >= 11 is 0. The minimum atomic E-state index is -0.848. The lowest BCUT2D eigenvalue weighted by Gasteiger charge is -2.31. The van der Waals surface area contributed by atoms with Crippen LogP contribution in [-0.4, -0.2) is 11.5 Å². The van der Waals surface area contributed by atoms with Crippen LogP contribution in [0.1, 0.15) is 63.4 Å². The number of allylic oxidation sites excluding steroid dienone is 5. The van der Waals surface area contributed by atoms with Gasteiger partial charge in [-0.1, -0.05) is 42.4 Å². The van der Waals surface area contributed by atoms with E-state index in [1.54, 1.807) is 6.07 Å². The molecule has 2 nitrogen and oxygen atoms in total.